The van der Waals surface area contributed by atoms with Gasteiger partial charge in [0.05, 0.1) is 6.26 Å². The molecule has 5 nitrogen and oxygen atoms in total. The highest BCUT2D eigenvalue weighted by Crippen LogP contribution is 2.10. The van der Waals surface area contributed by atoms with Crippen molar-refractivity contribution in [3.8, 4) is 0 Å². The zero-order valence-corrected chi connectivity index (χ0v) is 11.9. The molecule has 1 rings (SSSR count). The van der Waals surface area contributed by atoms with E-state index in [-0.39, 0.29) is 13.2 Å². The molecule has 0 bridgehead atoms. The Morgan fingerprint density at radius 3 is 2.58 bits per heavy atom. The number of hydrogen-bond donors (Lipinski definition) is 1. The van der Waals surface area contributed by atoms with Gasteiger partial charge in [0.15, 0.2) is 0 Å². The van der Waals surface area contributed by atoms with E-state index >= 15 is 0 Å². The molecule has 104 valence electrons. The Balaban J connectivity index is 2.33. The van der Waals surface area contributed by atoms with E-state index < -0.39 is 16.0 Å². The monoisotopic (exact) mass is 303 g/mol. The molecule has 1 aromatic rings. The Labute approximate surface area is 117 Å². The molecule has 0 saturated heterocycles. The zero-order valence-electron chi connectivity index (χ0n) is 10.3. The van der Waals surface area contributed by atoms with Crippen LogP contribution < -0.4 is 4.72 Å². The molecule has 1 aromatic carbocycles. The van der Waals surface area contributed by atoms with Crippen LogP contribution in [0.2, 0.25) is 5.02 Å². The topological polar surface area (TPSA) is 72.5 Å². The van der Waals surface area contributed by atoms with Crippen molar-refractivity contribution in [1.29, 1.82) is 0 Å². The first kappa shape index (κ1) is 15.7. The van der Waals surface area contributed by atoms with E-state index in [9.17, 15) is 13.2 Å². The second-order valence-electron chi connectivity index (χ2n) is 3.72. The number of rotatable bonds is 6. The van der Waals surface area contributed by atoms with Crippen molar-refractivity contribution in [1.82, 2.24) is 4.72 Å². The number of carbonyl (C=O) groups is 1. The predicted molar refractivity (Wildman–Crippen MR) is 74.3 cm³/mol. The molecule has 0 saturated carbocycles. The molecular formula is C12H14ClNO4S. The summed E-state index contributed by atoms with van der Waals surface area (Å²) in [6.45, 7) is 0.0379. The summed E-state index contributed by atoms with van der Waals surface area (Å²) in [6, 6.07) is 6.94. The van der Waals surface area contributed by atoms with Gasteiger partial charge in [-0.25, -0.2) is 17.9 Å². The number of ether oxygens (including phenoxy) is 1. The molecule has 7 heteroatoms. The van der Waals surface area contributed by atoms with E-state index in [1.807, 2.05) is 0 Å². The third kappa shape index (κ3) is 7.61. The van der Waals surface area contributed by atoms with Crippen molar-refractivity contribution in [2.24, 2.45) is 0 Å². The summed E-state index contributed by atoms with van der Waals surface area (Å²) in [4.78, 5) is 11.3. The average Bonchev–Trinajstić information content (AvgIpc) is 2.33. The lowest BCUT2D eigenvalue weighted by atomic mass is 10.2. The zero-order chi connectivity index (χ0) is 14.3. The first-order valence-corrected chi connectivity index (χ1v) is 7.69. The highest BCUT2D eigenvalue weighted by atomic mass is 35.5. The van der Waals surface area contributed by atoms with Gasteiger partial charge in [0.1, 0.15) is 6.61 Å². The first-order chi connectivity index (χ1) is 8.87. The van der Waals surface area contributed by atoms with E-state index in [0.717, 1.165) is 11.8 Å². The maximum absolute atomic E-state index is 11.3. The molecule has 0 radical (unpaired) electrons. The standard InChI is InChI=1S/C12H14ClNO4S/c1-19(16,17)14-8-9-18-12(15)7-4-10-2-5-11(13)6-3-10/h2-7,14H,8-9H2,1H3/b7-4+. The second kappa shape index (κ2) is 7.28. The van der Waals surface area contributed by atoms with Crippen molar-refractivity contribution >= 4 is 33.7 Å². The molecule has 1 N–H and O–H groups in total. The first-order valence-electron chi connectivity index (χ1n) is 5.42. The summed E-state index contributed by atoms with van der Waals surface area (Å²) in [5.74, 6) is -0.537. The van der Waals surface area contributed by atoms with Gasteiger partial charge in [-0.15, -0.1) is 0 Å². The molecule has 0 aliphatic carbocycles. The van der Waals surface area contributed by atoms with Crippen LogP contribution in [-0.2, 0) is 19.6 Å². The number of halogens is 1. The molecule has 0 aromatic heterocycles. The minimum atomic E-state index is -3.25. The molecule has 0 spiro atoms. The highest BCUT2D eigenvalue weighted by molar-refractivity contribution is 7.88. The minimum absolute atomic E-state index is 0.0170. The third-order valence-electron chi connectivity index (χ3n) is 1.99. The summed E-state index contributed by atoms with van der Waals surface area (Å²) < 4.78 is 28.5. The van der Waals surface area contributed by atoms with Crippen molar-refractivity contribution in [3.63, 3.8) is 0 Å². The number of sulfonamides is 1. The molecule has 0 unspecified atom stereocenters. The number of benzene rings is 1. The van der Waals surface area contributed by atoms with Crippen LogP contribution in [0.1, 0.15) is 5.56 Å². The van der Waals surface area contributed by atoms with E-state index in [2.05, 4.69) is 4.72 Å². The smallest absolute Gasteiger partial charge is 0.330 e. The molecule has 0 aliphatic heterocycles. The summed E-state index contributed by atoms with van der Waals surface area (Å²) in [5.41, 5.74) is 0.815. The van der Waals surface area contributed by atoms with Gasteiger partial charge in [-0.05, 0) is 23.8 Å². The number of hydrogen-bond acceptors (Lipinski definition) is 4. The van der Waals surface area contributed by atoms with Gasteiger partial charge < -0.3 is 4.74 Å². The molecule has 19 heavy (non-hydrogen) atoms. The van der Waals surface area contributed by atoms with E-state index in [0.29, 0.717) is 5.02 Å². The van der Waals surface area contributed by atoms with Gasteiger partial charge in [0.2, 0.25) is 10.0 Å². The quantitative estimate of drug-likeness (QED) is 0.490. The summed E-state index contributed by atoms with van der Waals surface area (Å²) in [7, 11) is -3.25. The molecule has 0 aliphatic rings. The van der Waals surface area contributed by atoms with Crippen LogP contribution in [0.5, 0.6) is 0 Å². The molecule has 0 atom stereocenters. The van der Waals surface area contributed by atoms with Gasteiger partial charge in [-0.3, -0.25) is 0 Å². The van der Waals surface area contributed by atoms with E-state index in [4.69, 9.17) is 16.3 Å². The fourth-order valence-corrected chi connectivity index (χ4v) is 1.75. The van der Waals surface area contributed by atoms with Crippen LogP contribution in [0.4, 0.5) is 0 Å². The summed E-state index contributed by atoms with van der Waals surface area (Å²) in [6.07, 6.45) is 3.89. The maximum atomic E-state index is 11.3. The van der Waals surface area contributed by atoms with Crippen molar-refractivity contribution < 1.29 is 17.9 Å². The number of nitrogens with one attached hydrogen (secondary N) is 1. The summed E-state index contributed by atoms with van der Waals surface area (Å²) >= 11 is 5.72. The van der Waals surface area contributed by atoms with Crippen molar-refractivity contribution in [2.75, 3.05) is 19.4 Å². The lowest BCUT2D eigenvalue weighted by Gasteiger charge is -2.02. The van der Waals surface area contributed by atoms with Crippen LogP contribution >= 0.6 is 11.6 Å². The fraction of sp³-hybridized carbons (Fsp3) is 0.250. The maximum Gasteiger partial charge on any atom is 0.330 e. The van der Waals surface area contributed by atoms with Crippen LogP contribution in [-0.4, -0.2) is 33.8 Å². The van der Waals surface area contributed by atoms with Gasteiger partial charge in [-0.2, -0.15) is 0 Å². The predicted octanol–water partition coefficient (Wildman–Crippen LogP) is 1.45. The molecular weight excluding hydrogens is 290 g/mol. The van der Waals surface area contributed by atoms with Crippen LogP contribution in [0, 0.1) is 0 Å². The minimum Gasteiger partial charge on any atom is -0.461 e. The van der Waals surface area contributed by atoms with Gasteiger partial charge in [0, 0.05) is 17.6 Å². The third-order valence-corrected chi connectivity index (χ3v) is 2.97. The van der Waals surface area contributed by atoms with E-state index in [1.54, 1.807) is 30.3 Å². The largest absolute Gasteiger partial charge is 0.461 e. The molecule has 0 heterocycles. The van der Waals surface area contributed by atoms with Crippen LogP contribution in [0.3, 0.4) is 0 Å². The Kier molecular flexibility index (Phi) is 6.01. The molecule has 0 amide bonds. The van der Waals surface area contributed by atoms with Gasteiger partial charge in [-0.1, -0.05) is 23.7 Å². The number of esters is 1. The Bertz CT molecular complexity index is 552. The van der Waals surface area contributed by atoms with Crippen molar-refractivity contribution in [3.05, 3.63) is 40.9 Å². The lowest BCUT2D eigenvalue weighted by molar-refractivity contribution is -0.137. The Morgan fingerprint density at radius 2 is 2.00 bits per heavy atom. The fourth-order valence-electron chi connectivity index (χ4n) is 1.16. The lowest BCUT2D eigenvalue weighted by Crippen LogP contribution is -2.26. The Morgan fingerprint density at radius 1 is 1.37 bits per heavy atom. The van der Waals surface area contributed by atoms with Crippen molar-refractivity contribution in [2.45, 2.75) is 0 Å². The summed E-state index contributed by atoms with van der Waals surface area (Å²) in [5, 5.41) is 0.617. The molecule has 0 fully saturated rings. The number of carbonyl (C=O) groups excluding carboxylic acids is 1. The van der Waals surface area contributed by atoms with Gasteiger partial charge >= 0.3 is 5.97 Å². The van der Waals surface area contributed by atoms with E-state index in [1.165, 1.54) is 6.08 Å². The SMILES string of the molecule is CS(=O)(=O)NCCOC(=O)/C=C/c1ccc(Cl)cc1. The second-order valence-corrected chi connectivity index (χ2v) is 5.99. The Hall–Kier alpha value is -1.37. The van der Waals surface area contributed by atoms with Crippen LogP contribution in [0.15, 0.2) is 30.3 Å². The normalized spacial score (nSPS) is 11.7. The highest BCUT2D eigenvalue weighted by Gasteiger charge is 2.01. The van der Waals surface area contributed by atoms with Crippen LogP contribution in [0.25, 0.3) is 6.08 Å². The van der Waals surface area contributed by atoms with Gasteiger partial charge in [0.25, 0.3) is 0 Å². The average molecular weight is 304 g/mol.